The van der Waals surface area contributed by atoms with Gasteiger partial charge in [-0.25, -0.2) is 0 Å². The Labute approximate surface area is 166 Å². The number of hydrogen-bond acceptors (Lipinski definition) is 5. The monoisotopic (exact) mass is 389 g/mol. The standard InChI is InChI=1S/C21H29N3O4/c1-27-20-4-3-15(13-21(20)28-2)16-11-18(25)17(19(26)12-16)14-23-7-10-24-8-5-22-6-9-24/h3-4,13-14,16,22,25H,5-12H2,1-2H3/p+2. The highest BCUT2D eigenvalue weighted by atomic mass is 16.5. The van der Waals surface area contributed by atoms with Crippen molar-refractivity contribution in [3.8, 4) is 11.5 Å². The normalized spacial score (nSPS) is 21.4. The van der Waals surface area contributed by atoms with Crippen molar-refractivity contribution in [2.24, 2.45) is 4.99 Å². The topological polar surface area (TPSA) is 89.2 Å². The van der Waals surface area contributed by atoms with E-state index in [-0.39, 0.29) is 17.5 Å². The second-order valence-electron chi connectivity index (χ2n) is 7.40. The van der Waals surface area contributed by atoms with Gasteiger partial charge in [0.1, 0.15) is 31.9 Å². The van der Waals surface area contributed by atoms with Gasteiger partial charge in [0.05, 0.1) is 32.9 Å². The number of nitrogens with zero attached hydrogens (tertiary/aromatic N) is 1. The van der Waals surface area contributed by atoms with Gasteiger partial charge in [-0.1, -0.05) is 6.07 Å². The Kier molecular flexibility index (Phi) is 7.06. The van der Waals surface area contributed by atoms with Crippen LogP contribution >= 0.6 is 0 Å². The SMILES string of the molecule is COc1ccc(C2CC(=O)C(C=NCC[NH+]3CC[NH2+]CC3)=C(O)C2)cc1OC. The van der Waals surface area contributed by atoms with Crippen molar-refractivity contribution >= 4 is 12.0 Å². The first-order chi connectivity index (χ1) is 13.6. The number of allylic oxidation sites excluding steroid dienone is 2. The van der Waals surface area contributed by atoms with Crippen molar-refractivity contribution in [3.63, 3.8) is 0 Å². The molecule has 28 heavy (non-hydrogen) atoms. The number of methoxy groups -OCH3 is 2. The van der Waals surface area contributed by atoms with Gasteiger partial charge in [0.15, 0.2) is 17.3 Å². The van der Waals surface area contributed by atoms with Crippen LogP contribution in [0.4, 0.5) is 0 Å². The first kappa shape index (κ1) is 20.4. The maximum Gasteiger partial charge on any atom is 0.168 e. The lowest BCUT2D eigenvalue weighted by Crippen LogP contribution is -3.20. The van der Waals surface area contributed by atoms with E-state index in [0.29, 0.717) is 36.5 Å². The summed E-state index contributed by atoms with van der Waals surface area (Å²) in [6, 6.07) is 5.63. The number of aliphatic hydroxyl groups excluding tert-OH is 1. The molecule has 1 aliphatic heterocycles. The van der Waals surface area contributed by atoms with E-state index in [2.05, 4.69) is 10.3 Å². The van der Waals surface area contributed by atoms with Crippen LogP contribution in [0.2, 0.25) is 0 Å². The fraction of sp³-hybridized carbons (Fsp3) is 0.524. The number of rotatable bonds is 7. The van der Waals surface area contributed by atoms with E-state index in [1.807, 2.05) is 18.2 Å². The number of aliphatic hydroxyl groups is 1. The fourth-order valence-electron chi connectivity index (χ4n) is 3.91. The molecule has 1 aliphatic carbocycles. The Morgan fingerprint density at radius 1 is 1.21 bits per heavy atom. The van der Waals surface area contributed by atoms with Crippen molar-refractivity contribution in [2.45, 2.75) is 18.8 Å². The molecule has 1 heterocycles. The summed E-state index contributed by atoms with van der Waals surface area (Å²) in [4.78, 5) is 18.6. The second-order valence-corrected chi connectivity index (χ2v) is 7.40. The molecular weight excluding hydrogens is 358 g/mol. The largest absolute Gasteiger partial charge is 0.511 e. The van der Waals surface area contributed by atoms with Gasteiger partial charge in [-0.3, -0.25) is 9.79 Å². The Balaban J connectivity index is 1.62. The summed E-state index contributed by atoms with van der Waals surface area (Å²) in [6.07, 6.45) is 2.35. The summed E-state index contributed by atoms with van der Waals surface area (Å²) < 4.78 is 10.6. The van der Waals surface area contributed by atoms with E-state index >= 15 is 0 Å². The van der Waals surface area contributed by atoms with Crippen LogP contribution in [-0.4, -0.2) is 70.6 Å². The molecule has 1 aromatic rings. The zero-order valence-electron chi connectivity index (χ0n) is 16.7. The molecule has 0 amide bonds. The van der Waals surface area contributed by atoms with Gasteiger partial charge in [0, 0.05) is 19.1 Å². The number of ketones is 1. The predicted molar refractivity (Wildman–Crippen MR) is 107 cm³/mol. The van der Waals surface area contributed by atoms with Crippen LogP contribution in [0.15, 0.2) is 34.5 Å². The van der Waals surface area contributed by atoms with Crippen molar-refractivity contribution in [1.29, 1.82) is 0 Å². The number of hydrogen-bond donors (Lipinski definition) is 3. The fourth-order valence-corrected chi connectivity index (χ4v) is 3.91. The van der Waals surface area contributed by atoms with Gasteiger partial charge >= 0.3 is 0 Å². The molecule has 7 nitrogen and oxygen atoms in total. The van der Waals surface area contributed by atoms with E-state index < -0.39 is 0 Å². The lowest BCUT2D eigenvalue weighted by Gasteiger charge is -2.23. The van der Waals surface area contributed by atoms with Crippen LogP contribution in [0.5, 0.6) is 11.5 Å². The van der Waals surface area contributed by atoms with E-state index in [9.17, 15) is 9.90 Å². The van der Waals surface area contributed by atoms with Gasteiger partial charge < -0.3 is 24.8 Å². The van der Waals surface area contributed by atoms with Crippen LogP contribution in [-0.2, 0) is 4.79 Å². The minimum absolute atomic E-state index is 0.0628. The maximum absolute atomic E-state index is 12.6. The van der Waals surface area contributed by atoms with Gasteiger partial charge in [0.25, 0.3) is 0 Å². The Morgan fingerprint density at radius 2 is 1.96 bits per heavy atom. The molecule has 0 radical (unpaired) electrons. The van der Waals surface area contributed by atoms with E-state index in [1.54, 1.807) is 25.3 Å². The van der Waals surface area contributed by atoms with Crippen LogP contribution in [0.3, 0.4) is 0 Å². The number of carbonyl (C=O) groups excluding carboxylic acids is 1. The lowest BCUT2D eigenvalue weighted by molar-refractivity contribution is -0.945. The third-order valence-electron chi connectivity index (χ3n) is 5.58. The summed E-state index contributed by atoms with van der Waals surface area (Å²) in [5.41, 5.74) is 1.32. The summed E-state index contributed by atoms with van der Waals surface area (Å²) in [5, 5.41) is 12.8. The molecule has 0 spiro atoms. The minimum atomic E-state index is -0.0708. The number of nitrogens with two attached hydrogens (primary N) is 1. The van der Waals surface area contributed by atoms with Gasteiger partial charge in [-0.2, -0.15) is 0 Å². The third kappa shape index (κ3) is 4.91. The van der Waals surface area contributed by atoms with Crippen molar-refractivity contribution in [1.82, 2.24) is 0 Å². The Hall–Kier alpha value is -2.38. The Morgan fingerprint density at radius 3 is 2.64 bits per heavy atom. The minimum Gasteiger partial charge on any atom is -0.511 e. The molecule has 1 unspecified atom stereocenters. The number of ether oxygens (including phenoxy) is 2. The quantitative estimate of drug-likeness (QED) is 0.549. The third-order valence-corrected chi connectivity index (χ3v) is 5.58. The number of quaternary nitrogens is 2. The van der Waals surface area contributed by atoms with Gasteiger partial charge in [0.2, 0.25) is 0 Å². The smallest absolute Gasteiger partial charge is 0.168 e. The predicted octanol–water partition coefficient (Wildman–Crippen LogP) is -0.505. The molecule has 4 N–H and O–H groups in total. The van der Waals surface area contributed by atoms with Gasteiger partial charge in [-0.15, -0.1) is 0 Å². The highest BCUT2D eigenvalue weighted by molar-refractivity contribution is 6.14. The average Bonchev–Trinajstić information content (AvgIpc) is 2.72. The summed E-state index contributed by atoms with van der Waals surface area (Å²) in [7, 11) is 3.18. The van der Waals surface area contributed by atoms with Crippen molar-refractivity contribution < 1.29 is 29.6 Å². The number of benzene rings is 1. The van der Waals surface area contributed by atoms with Crippen LogP contribution in [0, 0.1) is 0 Å². The lowest BCUT2D eigenvalue weighted by atomic mass is 9.83. The van der Waals surface area contributed by atoms with E-state index in [1.165, 1.54) is 13.1 Å². The first-order valence-corrected chi connectivity index (χ1v) is 9.94. The number of aliphatic imine (C=N–C) groups is 1. The highest BCUT2D eigenvalue weighted by Crippen LogP contribution is 2.37. The van der Waals surface area contributed by atoms with Crippen LogP contribution < -0.4 is 19.7 Å². The average molecular weight is 389 g/mol. The van der Waals surface area contributed by atoms with Crippen molar-refractivity contribution in [3.05, 3.63) is 35.1 Å². The van der Waals surface area contributed by atoms with Crippen LogP contribution in [0.25, 0.3) is 0 Å². The zero-order chi connectivity index (χ0) is 19.9. The van der Waals surface area contributed by atoms with Crippen molar-refractivity contribution in [2.75, 3.05) is 53.5 Å². The molecule has 7 heteroatoms. The first-order valence-electron chi connectivity index (χ1n) is 9.94. The molecule has 2 aliphatic rings. The number of carbonyl (C=O) groups is 1. The summed E-state index contributed by atoms with van der Waals surface area (Å²) in [6.45, 7) is 6.31. The summed E-state index contributed by atoms with van der Waals surface area (Å²) in [5.74, 6) is 1.26. The number of piperazine rings is 1. The van der Waals surface area contributed by atoms with Gasteiger partial charge in [-0.05, 0) is 23.6 Å². The molecule has 1 fully saturated rings. The maximum atomic E-state index is 12.6. The summed E-state index contributed by atoms with van der Waals surface area (Å²) >= 11 is 0. The Bertz CT molecular complexity index is 754. The molecule has 1 aromatic carbocycles. The molecule has 3 rings (SSSR count). The molecule has 0 aromatic heterocycles. The van der Waals surface area contributed by atoms with Crippen LogP contribution in [0.1, 0.15) is 24.3 Å². The van der Waals surface area contributed by atoms with E-state index in [4.69, 9.17) is 9.47 Å². The molecular formula is C21H31N3O4+2. The highest BCUT2D eigenvalue weighted by Gasteiger charge is 2.28. The molecule has 0 bridgehead atoms. The second kappa shape index (κ2) is 9.71. The van der Waals surface area contributed by atoms with E-state index in [0.717, 1.165) is 25.2 Å². The molecule has 1 saturated heterocycles. The number of nitrogens with one attached hydrogen (secondary N) is 1. The number of Topliss-reactive ketones (excluding diaryl/α,β-unsaturated/α-hetero) is 1. The molecule has 1 atom stereocenters. The zero-order valence-corrected chi connectivity index (χ0v) is 16.7. The molecule has 152 valence electrons. The molecule has 0 saturated carbocycles.